The van der Waals surface area contributed by atoms with Gasteiger partial charge in [0.05, 0.1) is 0 Å². The number of hydrogen-bond donors (Lipinski definition) is 2. The fourth-order valence-electron chi connectivity index (χ4n) is 3.50. The Morgan fingerprint density at radius 1 is 0.793 bits per heavy atom. The second-order valence-corrected chi connectivity index (χ2v) is 7.00. The average molecular weight is 386 g/mol. The number of hydrogen-bond acceptors (Lipinski definition) is 3. The molecule has 0 unspecified atom stereocenters. The second-order valence-electron chi connectivity index (χ2n) is 7.00. The van der Waals surface area contributed by atoms with Gasteiger partial charge in [-0.2, -0.15) is 0 Å². The summed E-state index contributed by atoms with van der Waals surface area (Å²) < 4.78 is 6.08. The van der Waals surface area contributed by atoms with Gasteiger partial charge in [-0.05, 0) is 79.3 Å². The van der Waals surface area contributed by atoms with Crippen LogP contribution in [0.4, 0.5) is 10.5 Å². The Bertz CT molecular complexity index is 1010. The highest BCUT2D eigenvalue weighted by Crippen LogP contribution is 2.32. The molecule has 0 bridgehead atoms. The van der Waals surface area contributed by atoms with Crippen molar-refractivity contribution in [3.63, 3.8) is 0 Å². The van der Waals surface area contributed by atoms with Gasteiger partial charge in [0, 0.05) is 11.3 Å². The lowest BCUT2D eigenvalue weighted by atomic mass is 9.91. The van der Waals surface area contributed by atoms with Gasteiger partial charge in [-0.25, -0.2) is 4.79 Å². The first-order chi connectivity index (χ1) is 14.2. The summed E-state index contributed by atoms with van der Waals surface area (Å²) in [6, 6.07) is 21.3. The van der Waals surface area contributed by atoms with E-state index in [9.17, 15) is 9.59 Å². The van der Waals surface area contributed by atoms with Crippen LogP contribution in [0.15, 0.2) is 72.8 Å². The minimum Gasteiger partial charge on any atom is -0.457 e. The van der Waals surface area contributed by atoms with Crippen LogP contribution in [-0.2, 0) is 12.8 Å². The van der Waals surface area contributed by atoms with Gasteiger partial charge in [0.15, 0.2) is 0 Å². The number of imide groups is 1. The van der Waals surface area contributed by atoms with Crippen molar-refractivity contribution in [2.75, 3.05) is 5.32 Å². The summed E-state index contributed by atoms with van der Waals surface area (Å²) in [4.78, 5) is 24.1. The Kier molecular flexibility index (Phi) is 5.56. The highest BCUT2D eigenvalue weighted by atomic mass is 16.5. The third-order valence-corrected chi connectivity index (χ3v) is 4.96. The zero-order chi connectivity index (χ0) is 20.1. The van der Waals surface area contributed by atoms with Crippen molar-refractivity contribution in [2.24, 2.45) is 0 Å². The zero-order valence-electron chi connectivity index (χ0n) is 16.0. The summed E-state index contributed by atoms with van der Waals surface area (Å²) in [7, 11) is 0. The Balaban J connectivity index is 1.37. The van der Waals surface area contributed by atoms with E-state index in [1.165, 1.54) is 24.0 Å². The van der Waals surface area contributed by atoms with Gasteiger partial charge in [-0.1, -0.05) is 30.3 Å². The number of carbonyl (C=O) groups excluding carboxylic acids is 2. The number of carbonyl (C=O) groups is 2. The first-order valence-corrected chi connectivity index (χ1v) is 9.75. The Morgan fingerprint density at radius 3 is 2.34 bits per heavy atom. The van der Waals surface area contributed by atoms with E-state index in [-0.39, 0.29) is 0 Å². The molecule has 1 aliphatic rings. The molecule has 0 atom stereocenters. The first-order valence-electron chi connectivity index (χ1n) is 9.75. The summed E-state index contributed by atoms with van der Waals surface area (Å²) in [6.07, 6.45) is 4.56. The lowest BCUT2D eigenvalue weighted by Gasteiger charge is -2.19. The van der Waals surface area contributed by atoms with Crippen molar-refractivity contribution in [1.82, 2.24) is 5.32 Å². The molecule has 4 rings (SSSR count). The summed E-state index contributed by atoms with van der Waals surface area (Å²) in [5, 5.41) is 4.97. The molecule has 0 spiro atoms. The standard InChI is InChI=1S/C24H22N2O3/c27-23(18-8-2-1-3-9-18)26-24(28)25-19-13-15-20(16-14-19)29-22-12-6-10-17-7-4-5-11-21(17)22/h1-3,6,8-10,12-16H,4-5,7,11H2,(H2,25,26,27,28). The van der Waals surface area contributed by atoms with Gasteiger partial charge < -0.3 is 10.1 Å². The predicted molar refractivity (Wildman–Crippen MR) is 113 cm³/mol. The summed E-state index contributed by atoms with van der Waals surface area (Å²) in [5.74, 6) is 1.15. The van der Waals surface area contributed by atoms with Crippen LogP contribution in [0.3, 0.4) is 0 Å². The molecule has 146 valence electrons. The van der Waals surface area contributed by atoms with Gasteiger partial charge in [0.25, 0.3) is 5.91 Å². The average Bonchev–Trinajstić information content (AvgIpc) is 2.76. The molecule has 2 N–H and O–H groups in total. The molecule has 29 heavy (non-hydrogen) atoms. The fourth-order valence-corrected chi connectivity index (χ4v) is 3.50. The molecule has 0 heterocycles. The summed E-state index contributed by atoms with van der Waals surface area (Å²) in [6.45, 7) is 0. The Morgan fingerprint density at radius 2 is 1.55 bits per heavy atom. The molecule has 0 saturated heterocycles. The monoisotopic (exact) mass is 386 g/mol. The normalized spacial score (nSPS) is 12.6. The van der Waals surface area contributed by atoms with Crippen molar-refractivity contribution in [3.05, 3.63) is 89.5 Å². The van der Waals surface area contributed by atoms with Crippen molar-refractivity contribution in [2.45, 2.75) is 25.7 Å². The molecule has 3 aromatic rings. The van der Waals surface area contributed by atoms with Gasteiger partial charge in [-0.15, -0.1) is 0 Å². The van der Waals surface area contributed by atoms with Crippen molar-refractivity contribution in [1.29, 1.82) is 0 Å². The van der Waals surface area contributed by atoms with Crippen LogP contribution in [0.2, 0.25) is 0 Å². The topological polar surface area (TPSA) is 67.4 Å². The summed E-state index contributed by atoms with van der Waals surface area (Å²) >= 11 is 0. The number of nitrogens with one attached hydrogen (secondary N) is 2. The highest BCUT2D eigenvalue weighted by Gasteiger charge is 2.14. The molecule has 3 aromatic carbocycles. The Labute approximate surface area is 169 Å². The number of fused-ring (bicyclic) bond motifs is 1. The zero-order valence-corrected chi connectivity index (χ0v) is 16.0. The number of anilines is 1. The van der Waals surface area contributed by atoms with E-state index in [0.717, 1.165) is 18.6 Å². The second kappa shape index (κ2) is 8.61. The van der Waals surface area contributed by atoms with Crippen molar-refractivity contribution in [3.8, 4) is 11.5 Å². The van der Waals surface area contributed by atoms with E-state index in [1.54, 1.807) is 48.5 Å². The molecule has 0 radical (unpaired) electrons. The van der Waals surface area contributed by atoms with Crippen LogP contribution < -0.4 is 15.4 Å². The van der Waals surface area contributed by atoms with Gasteiger partial charge in [0.1, 0.15) is 11.5 Å². The minimum absolute atomic E-state index is 0.428. The maximum atomic E-state index is 12.1. The molecule has 0 aromatic heterocycles. The van der Waals surface area contributed by atoms with Crippen LogP contribution in [-0.4, -0.2) is 11.9 Å². The van der Waals surface area contributed by atoms with Crippen LogP contribution in [0.5, 0.6) is 11.5 Å². The molecular weight excluding hydrogens is 364 g/mol. The van der Waals surface area contributed by atoms with Crippen LogP contribution in [0, 0.1) is 0 Å². The third kappa shape index (κ3) is 4.63. The third-order valence-electron chi connectivity index (χ3n) is 4.96. The maximum Gasteiger partial charge on any atom is 0.326 e. The predicted octanol–water partition coefficient (Wildman–Crippen LogP) is 5.32. The molecule has 1 aliphatic carbocycles. The quantitative estimate of drug-likeness (QED) is 0.638. The van der Waals surface area contributed by atoms with Crippen molar-refractivity contribution < 1.29 is 14.3 Å². The lowest BCUT2D eigenvalue weighted by Crippen LogP contribution is -2.34. The minimum atomic E-state index is -0.579. The van der Waals surface area contributed by atoms with E-state index in [4.69, 9.17) is 4.74 Å². The maximum absolute atomic E-state index is 12.1. The molecule has 3 amide bonds. The number of amides is 3. The number of ether oxygens (including phenoxy) is 1. The lowest BCUT2D eigenvalue weighted by molar-refractivity contribution is 0.0967. The largest absolute Gasteiger partial charge is 0.457 e. The fraction of sp³-hybridized carbons (Fsp3) is 0.167. The molecular formula is C24H22N2O3. The van der Waals surface area contributed by atoms with E-state index in [2.05, 4.69) is 16.7 Å². The molecule has 5 heteroatoms. The molecule has 0 saturated carbocycles. The van der Waals surface area contributed by atoms with Crippen LogP contribution >= 0.6 is 0 Å². The van der Waals surface area contributed by atoms with Gasteiger partial charge >= 0.3 is 6.03 Å². The Hall–Kier alpha value is -3.60. The van der Waals surface area contributed by atoms with E-state index in [0.29, 0.717) is 17.0 Å². The van der Waals surface area contributed by atoms with E-state index < -0.39 is 11.9 Å². The highest BCUT2D eigenvalue weighted by molar-refractivity contribution is 6.07. The number of urea groups is 1. The van der Waals surface area contributed by atoms with Crippen LogP contribution in [0.1, 0.15) is 34.3 Å². The summed E-state index contributed by atoms with van der Waals surface area (Å²) in [5.41, 5.74) is 3.66. The first kappa shape index (κ1) is 18.7. The number of benzene rings is 3. The molecule has 5 nitrogen and oxygen atoms in total. The number of rotatable bonds is 4. The van der Waals surface area contributed by atoms with Crippen molar-refractivity contribution >= 4 is 17.6 Å². The molecule has 0 aliphatic heterocycles. The smallest absolute Gasteiger partial charge is 0.326 e. The van der Waals surface area contributed by atoms with Gasteiger partial charge in [-0.3, -0.25) is 10.1 Å². The van der Waals surface area contributed by atoms with Crippen LogP contribution in [0.25, 0.3) is 0 Å². The van der Waals surface area contributed by atoms with Gasteiger partial charge in [0.2, 0.25) is 0 Å². The van der Waals surface area contributed by atoms with E-state index >= 15 is 0 Å². The SMILES string of the molecule is O=C(NC(=O)c1ccccc1)Nc1ccc(Oc2cccc3c2CCCC3)cc1. The van der Waals surface area contributed by atoms with E-state index in [1.807, 2.05) is 18.2 Å². The number of aryl methyl sites for hydroxylation is 1. The molecule has 0 fully saturated rings.